The first kappa shape index (κ1) is 16.3. The van der Waals surface area contributed by atoms with E-state index in [1.807, 2.05) is 0 Å². The zero-order valence-corrected chi connectivity index (χ0v) is 12.4. The van der Waals surface area contributed by atoms with Gasteiger partial charge in [0.25, 0.3) is 0 Å². The molecular weight excluding hydrogens is 314 g/mol. The number of halogens is 3. The van der Waals surface area contributed by atoms with Crippen LogP contribution in [0.3, 0.4) is 0 Å². The number of carbonyl (C=O) groups is 2. The molecule has 0 heterocycles. The van der Waals surface area contributed by atoms with E-state index in [0.717, 1.165) is 0 Å². The first-order valence-electron chi connectivity index (χ1n) is 5.63. The highest BCUT2D eigenvalue weighted by molar-refractivity contribution is 6.59. The van der Waals surface area contributed by atoms with Gasteiger partial charge in [0.15, 0.2) is 0 Å². The molecule has 1 N–H and O–H groups in total. The number of rotatable bonds is 4. The van der Waals surface area contributed by atoms with Gasteiger partial charge in [-0.25, -0.2) is 0 Å². The van der Waals surface area contributed by atoms with Crippen LogP contribution in [0.4, 0.5) is 0 Å². The van der Waals surface area contributed by atoms with Crippen molar-refractivity contribution >= 4 is 46.7 Å². The summed E-state index contributed by atoms with van der Waals surface area (Å²) in [6.07, 6.45) is 3.35. The standard InChI is InChI=1S/C12H13Cl3O4/c1-6(9(13)10(14)15)19-12(18)8-5-3-2-4-7(8)11(16)17/h2-3,6-8H,4-5H2,1H3,(H,16,17)/t6-,7-,8-/m0/s1. The molecule has 0 bridgehead atoms. The van der Waals surface area contributed by atoms with Gasteiger partial charge in [0.1, 0.15) is 10.6 Å². The lowest BCUT2D eigenvalue weighted by molar-refractivity contribution is -0.159. The fourth-order valence-corrected chi connectivity index (χ4v) is 2.17. The summed E-state index contributed by atoms with van der Waals surface area (Å²) in [5.41, 5.74) is 0. The average molecular weight is 328 g/mol. The molecule has 1 aliphatic rings. The predicted octanol–water partition coefficient (Wildman–Crippen LogP) is 3.47. The van der Waals surface area contributed by atoms with Gasteiger partial charge in [-0.15, -0.1) is 0 Å². The lowest BCUT2D eigenvalue weighted by Gasteiger charge is -2.25. The molecule has 7 heteroatoms. The van der Waals surface area contributed by atoms with Gasteiger partial charge in [0.2, 0.25) is 0 Å². The number of esters is 1. The summed E-state index contributed by atoms with van der Waals surface area (Å²) < 4.78 is 4.92. The highest BCUT2D eigenvalue weighted by atomic mass is 35.5. The Hall–Kier alpha value is -0.710. The zero-order valence-electron chi connectivity index (χ0n) is 10.1. The fraction of sp³-hybridized carbons (Fsp3) is 0.500. The van der Waals surface area contributed by atoms with Gasteiger partial charge >= 0.3 is 11.9 Å². The second kappa shape index (κ2) is 7.17. The van der Waals surface area contributed by atoms with Crippen LogP contribution in [0.15, 0.2) is 21.7 Å². The second-order valence-corrected chi connectivity index (χ2v) is 5.54. The van der Waals surface area contributed by atoms with Gasteiger partial charge in [0, 0.05) is 0 Å². The molecule has 0 saturated heterocycles. The van der Waals surface area contributed by atoms with Crippen molar-refractivity contribution in [3.8, 4) is 0 Å². The number of ether oxygens (including phenoxy) is 1. The largest absolute Gasteiger partial charge is 0.481 e. The van der Waals surface area contributed by atoms with Crippen molar-refractivity contribution in [3.05, 3.63) is 21.7 Å². The van der Waals surface area contributed by atoms with E-state index in [4.69, 9.17) is 44.6 Å². The Bertz CT molecular complexity index is 427. The minimum Gasteiger partial charge on any atom is -0.481 e. The molecule has 3 atom stereocenters. The molecule has 0 amide bonds. The number of allylic oxidation sites excluding steroid dienone is 2. The molecule has 0 aliphatic heterocycles. The summed E-state index contributed by atoms with van der Waals surface area (Å²) in [6, 6.07) is 0. The molecule has 0 aromatic heterocycles. The number of hydrogen-bond donors (Lipinski definition) is 1. The Labute approximate surface area is 126 Å². The lowest BCUT2D eigenvalue weighted by atomic mass is 9.83. The van der Waals surface area contributed by atoms with Gasteiger partial charge in [-0.2, -0.15) is 0 Å². The molecule has 0 saturated carbocycles. The minimum atomic E-state index is -1.02. The summed E-state index contributed by atoms with van der Waals surface area (Å²) >= 11 is 16.7. The van der Waals surface area contributed by atoms with Gasteiger partial charge in [0.05, 0.1) is 16.9 Å². The minimum absolute atomic E-state index is 0.00918. The number of carboxylic acids is 1. The van der Waals surface area contributed by atoms with Crippen LogP contribution >= 0.6 is 34.8 Å². The Balaban J connectivity index is 2.74. The highest BCUT2D eigenvalue weighted by Crippen LogP contribution is 2.29. The molecular formula is C12H13Cl3O4. The van der Waals surface area contributed by atoms with Crippen LogP contribution in [0.1, 0.15) is 19.8 Å². The molecule has 1 rings (SSSR count). The van der Waals surface area contributed by atoms with Crippen LogP contribution in [-0.2, 0) is 14.3 Å². The van der Waals surface area contributed by atoms with E-state index >= 15 is 0 Å². The Morgan fingerprint density at radius 2 is 1.74 bits per heavy atom. The highest BCUT2D eigenvalue weighted by Gasteiger charge is 2.36. The number of aliphatic carboxylic acids is 1. The predicted molar refractivity (Wildman–Crippen MR) is 73.1 cm³/mol. The van der Waals surface area contributed by atoms with E-state index in [9.17, 15) is 9.59 Å². The van der Waals surface area contributed by atoms with Crippen LogP contribution in [0.25, 0.3) is 0 Å². The van der Waals surface area contributed by atoms with Gasteiger partial charge in [-0.05, 0) is 19.8 Å². The summed E-state index contributed by atoms with van der Waals surface area (Å²) in [5, 5.41) is 9.08. The lowest BCUT2D eigenvalue weighted by Crippen LogP contribution is -2.34. The molecule has 0 unspecified atom stereocenters. The van der Waals surface area contributed by atoms with Crippen LogP contribution in [0.5, 0.6) is 0 Å². The summed E-state index contributed by atoms with van der Waals surface area (Å²) in [6.45, 7) is 1.51. The van der Waals surface area contributed by atoms with E-state index in [0.29, 0.717) is 12.8 Å². The van der Waals surface area contributed by atoms with E-state index in [1.165, 1.54) is 6.92 Å². The molecule has 0 fully saturated rings. The van der Waals surface area contributed by atoms with Crippen LogP contribution in [-0.4, -0.2) is 23.1 Å². The van der Waals surface area contributed by atoms with Crippen molar-refractivity contribution in [2.75, 3.05) is 0 Å². The second-order valence-electron chi connectivity index (χ2n) is 4.18. The van der Waals surface area contributed by atoms with Crippen molar-refractivity contribution in [2.24, 2.45) is 11.8 Å². The molecule has 0 aromatic carbocycles. The molecule has 1 aliphatic carbocycles. The van der Waals surface area contributed by atoms with Crippen molar-refractivity contribution < 1.29 is 19.4 Å². The van der Waals surface area contributed by atoms with E-state index in [1.54, 1.807) is 12.2 Å². The third-order valence-corrected chi connectivity index (χ3v) is 3.98. The summed E-state index contributed by atoms with van der Waals surface area (Å²) in [4.78, 5) is 23.0. The normalized spacial score (nSPS) is 23.6. The van der Waals surface area contributed by atoms with Crippen molar-refractivity contribution in [1.29, 1.82) is 0 Å². The topological polar surface area (TPSA) is 63.6 Å². The number of carbonyl (C=O) groups excluding carboxylic acids is 1. The van der Waals surface area contributed by atoms with E-state index in [2.05, 4.69) is 0 Å². The van der Waals surface area contributed by atoms with Crippen molar-refractivity contribution in [3.63, 3.8) is 0 Å². The van der Waals surface area contributed by atoms with Crippen LogP contribution in [0.2, 0.25) is 0 Å². The molecule has 0 radical (unpaired) electrons. The van der Waals surface area contributed by atoms with Crippen molar-refractivity contribution in [1.82, 2.24) is 0 Å². The molecule has 0 aromatic rings. The third-order valence-electron chi connectivity index (χ3n) is 2.88. The summed E-state index contributed by atoms with van der Waals surface area (Å²) in [5.74, 6) is -3.13. The molecule has 4 nitrogen and oxygen atoms in total. The smallest absolute Gasteiger partial charge is 0.310 e. The van der Waals surface area contributed by atoms with Gasteiger partial charge in [-0.3, -0.25) is 9.59 Å². The average Bonchev–Trinajstić information content (AvgIpc) is 2.37. The Kier molecular flexibility index (Phi) is 6.17. The maximum atomic E-state index is 12.0. The first-order valence-corrected chi connectivity index (χ1v) is 6.77. The number of hydrogen-bond acceptors (Lipinski definition) is 3. The van der Waals surface area contributed by atoms with Gasteiger partial charge in [-0.1, -0.05) is 47.0 Å². The fourth-order valence-electron chi connectivity index (χ4n) is 1.81. The maximum Gasteiger partial charge on any atom is 0.310 e. The third kappa shape index (κ3) is 4.41. The Morgan fingerprint density at radius 3 is 2.21 bits per heavy atom. The Morgan fingerprint density at radius 1 is 1.21 bits per heavy atom. The van der Waals surface area contributed by atoms with E-state index in [-0.39, 0.29) is 9.52 Å². The van der Waals surface area contributed by atoms with E-state index < -0.39 is 29.9 Å². The first-order chi connectivity index (χ1) is 8.84. The monoisotopic (exact) mass is 326 g/mol. The van der Waals surface area contributed by atoms with Crippen LogP contribution in [0, 0.1) is 11.8 Å². The SMILES string of the molecule is C[C@H](OC(=O)[C@H]1CC=CC[C@@H]1C(=O)O)C(Cl)=C(Cl)Cl. The van der Waals surface area contributed by atoms with Crippen LogP contribution < -0.4 is 0 Å². The molecule has 19 heavy (non-hydrogen) atoms. The van der Waals surface area contributed by atoms with Gasteiger partial charge < -0.3 is 9.84 Å². The molecule has 0 spiro atoms. The van der Waals surface area contributed by atoms with Crippen molar-refractivity contribution in [2.45, 2.75) is 25.9 Å². The maximum absolute atomic E-state index is 12.0. The number of carboxylic acid groups (broad SMARTS) is 1. The zero-order chi connectivity index (χ0) is 14.6. The summed E-state index contributed by atoms with van der Waals surface area (Å²) in [7, 11) is 0. The quantitative estimate of drug-likeness (QED) is 0.634. The molecule has 106 valence electrons.